The molecule has 2 N–H and O–H groups in total. The molecule has 0 fully saturated rings. The number of hydrogen-bond donors (Lipinski definition) is 2. The standard InChI is InChI=1S/C17H21BrClN3O/c1-3-4-5-10-20-12(2)11-15(23)22-17(18)16(21-22)13-6-8-14(19)9-7-13/h6-9,11,20-21H,3-5,10H2,1-2H3/b12-11-. The Balaban J connectivity index is 1.98. The quantitative estimate of drug-likeness (QED) is 0.496. The first-order chi connectivity index (χ1) is 11.0. The Hall–Kier alpha value is -1.46. The molecule has 124 valence electrons. The number of unbranched alkanes of at least 4 members (excludes halogenated alkanes) is 2. The molecular formula is C17H21BrClN3O. The van der Waals surface area contributed by atoms with Crippen molar-refractivity contribution in [3.05, 3.63) is 45.7 Å². The van der Waals surface area contributed by atoms with Gasteiger partial charge in [0.25, 0.3) is 5.91 Å². The summed E-state index contributed by atoms with van der Waals surface area (Å²) in [6, 6.07) is 7.45. The lowest BCUT2D eigenvalue weighted by molar-refractivity contribution is 0.0942. The fourth-order valence-electron chi connectivity index (χ4n) is 2.18. The average Bonchev–Trinajstić information content (AvgIpc) is 2.52. The molecule has 0 spiro atoms. The lowest BCUT2D eigenvalue weighted by Crippen LogP contribution is -2.22. The van der Waals surface area contributed by atoms with Gasteiger partial charge in [0.2, 0.25) is 0 Å². The van der Waals surface area contributed by atoms with Crippen molar-refractivity contribution in [1.29, 1.82) is 0 Å². The van der Waals surface area contributed by atoms with Gasteiger partial charge < -0.3 is 5.32 Å². The van der Waals surface area contributed by atoms with Crippen LogP contribution in [0.4, 0.5) is 0 Å². The van der Waals surface area contributed by atoms with Crippen LogP contribution in [0.2, 0.25) is 5.02 Å². The molecule has 0 aliphatic rings. The summed E-state index contributed by atoms with van der Waals surface area (Å²) in [5.74, 6) is -0.116. The van der Waals surface area contributed by atoms with E-state index in [4.69, 9.17) is 11.6 Å². The zero-order chi connectivity index (χ0) is 16.8. The molecular weight excluding hydrogens is 378 g/mol. The number of carbonyl (C=O) groups is 1. The molecule has 0 aliphatic carbocycles. The predicted molar refractivity (Wildman–Crippen MR) is 98.8 cm³/mol. The maximum atomic E-state index is 12.2. The molecule has 0 radical (unpaired) electrons. The molecule has 1 heterocycles. The number of H-pyrrole nitrogens is 1. The third-order valence-corrected chi connectivity index (χ3v) is 4.51. The fraction of sp³-hybridized carbons (Fsp3) is 0.353. The van der Waals surface area contributed by atoms with E-state index in [9.17, 15) is 4.79 Å². The molecule has 1 aromatic heterocycles. The Bertz CT molecular complexity index is 685. The van der Waals surface area contributed by atoms with E-state index in [0.29, 0.717) is 5.02 Å². The van der Waals surface area contributed by atoms with Gasteiger partial charge >= 0.3 is 0 Å². The summed E-state index contributed by atoms with van der Waals surface area (Å²) in [4.78, 5) is 12.2. The molecule has 0 atom stereocenters. The number of nitrogens with zero attached hydrogens (tertiary/aromatic N) is 1. The normalized spacial score (nSPS) is 11.7. The fourth-order valence-corrected chi connectivity index (χ4v) is 2.89. The Kier molecular flexibility index (Phi) is 6.54. The highest BCUT2D eigenvalue weighted by Gasteiger charge is 2.17. The molecule has 0 bridgehead atoms. The van der Waals surface area contributed by atoms with Crippen LogP contribution in [-0.2, 0) is 0 Å². The van der Waals surface area contributed by atoms with Crippen molar-refractivity contribution < 1.29 is 4.79 Å². The Morgan fingerprint density at radius 2 is 2.04 bits per heavy atom. The third kappa shape index (κ3) is 4.75. The molecule has 2 rings (SSSR count). The van der Waals surface area contributed by atoms with Crippen LogP contribution >= 0.6 is 27.5 Å². The molecule has 6 heteroatoms. The van der Waals surface area contributed by atoms with Gasteiger partial charge in [-0.25, -0.2) is 4.68 Å². The van der Waals surface area contributed by atoms with Crippen molar-refractivity contribution in [2.75, 3.05) is 6.54 Å². The van der Waals surface area contributed by atoms with E-state index in [-0.39, 0.29) is 5.91 Å². The SMILES string of the molecule is CCCCCN/C(C)=C\C(=O)n1[nH]c(-c2ccc(Cl)cc2)c1Br. The highest BCUT2D eigenvalue weighted by molar-refractivity contribution is 9.10. The van der Waals surface area contributed by atoms with E-state index in [1.54, 1.807) is 6.08 Å². The lowest BCUT2D eigenvalue weighted by atomic mass is 10.1. The topological polar surface area (TPSA) is 49.8 Å². The van der Waals surface area contributed by atoms with Gasteiger partial charge in [0.05, 0.1) is 5.69 Å². The first-order valence-corrected chi connectivity index (χ1v) is 8.88. The molecule has 1 aromatic carbocycles. The van der Waals surface area contributed by atoms with Crippen LogP contribution in [0.5, 0.6) is 0 Å². The molecule has 0 saturated carbocycles. The van der Waals surface area contributed by atoms with E-state index in [2.05, 4.69) is 33.3 Å². The van der Waals surface area contributed by atoms with Gasteiger partial charge in [0.1, 0.15) is 4.60 Å². The van der Waals surface area contributed by atoms with Crippen LogP contribution < -0.4 is 5.32 Å². The predicted octanol–water partition coefficient (Wildman–Crippen LogP) is 5.22. The van der Waals surface area contributed by atoms with Gasteiger partial charge in [-0.1, -0.05) is 43.5 Å². The van der Waals surface area contributed by atoms with Crippen LogP contribution in [0.25, 0.3) is 11.3 Å². The van der Waals surface area contributed by atoms with E-state index in [0.717, 1.165) is 34.5 Å². The molecule has 2 aromatic rings. The second-order valence-electron chi connectivity index (χ2n) is 5.42. The smallest absolute Gasteiger partial charge is 0.271 e. The summed E-state index contributed by atoms with van der Waals surface area (Å²) in [5, 5.41) is 6.99. The maximum absolute atomic E-state index is 12.2. The minimum atomic E-state index is -0.116. The molecule has 23 heavy (non-hydrogen) atoms. The number of aromatic amines is 1. The van der Waals surface area contributed by atoms with Crippen LogP contribution in [0.3, 0.4) is 0 Å². The van der Waals surface area contributed by atoms with E-state index < -0.39 is 0 Å². The third-order valence-electron chi connectivity index (χ3n) is 3.50. The maximum Gasteiger partial charge on any atom is 0.271 e. The largest absolute Gasteiger partial charge is 0.388 e. The lowest BCUT2D eigenvalue weighted by Gasteiger charge is -2.18. The summed E-state index contributed by atoms with van der Waals surface area (Å²) < 4.78 is 2.20. The monoisotopic (exact) mass is 397 g/mol. The zero-order valence-corrected chi connectivity index (χ0v) is 15.7. The van der Waals surface area contributed by atoms with E-state index in [1.807, 2.05) is 31.2 Å². The highest BCUT2D eigenvalue weighted by Crippen LogP contribution is 2.29. The number of nitrogens with one attached hydrogen (secondary N) is 2. The van der Waals surface area contributed by atoms with Crippen LogP contribution in [0.15, 0.2) is 40.6 Å². The molecule has 0 saturated heterocycles. The van der Waals surface area contributed by atoms with Crippen molar-refractivity contribution in [3.63, 3.8) is 0 Å². The second kappa shape index (κ2) is 8.41. The average molecular weight is 399 g/mol. The van der Waals surface area contributed by atoms with Gasteiger partial charge in [-0.2, -0.15) is 0 Å². The van der Waals surface area contributed by atoms with Crippen LogP contribution in [0, 0.1) is 0 Å². The molecule has 0 unspecified atom stereocenters. The second-order valence-corrected chi connectivity index (χ2v) is 6.61. The van der Waals surface area contributed by atoms with Crippen molar-refractivity contribution >= 4 is 33.4 Å². The minimum Gasteiger partial charge on any atom is -0.388 e. The van der Waals surface area contributed by atoms with Crippen LogP contribution in [-0.4, -0.2) is 22.2 Å². The van der Waals surface area contributed by atoms with Crippen molar-refractivity contribution in [3.8, 4) is 11.3 Å². The number of carbonyl (C=O) groups excluding carboxylic acids is 1. The first kappa shape index (κ1) is 17.9. The summed E-state index contributed by atoms with van der Waals surface area (Å²) >= 11 is 9.34. The number of rotatable bonds is 7. The molecule has 4 nitrogen and oxygen atoms in total. The van der Waals surface area contributed by atoms with Gasteiger partial charge in [0.15, 0.2) is 0 Å². The number of benzene rings is 1. The van der Waals surface area contributed by atoms with E-state index >= 15 is 0 Å². The first-order valence-electron chi connectivity index (χ1n) is 7.71. The summed E-state index contributed by atoms with van der Waals surface area (Å²) in [6.45, 7) is 4.97. The van der Waals surface area contributed by atoms with Crippen molar-refractivity contribution in [1.82, 2.24) is 15.1 Å². The number of allylic oxidation sites excluding steroid dienone is 2. The molecule has 0 amide bonds. The Morgan fingerprint density at radius 3 is 2.65 bits per heavy atom. The van der Waals surface area contributed by atoms with Gasteiger partial charge in [0, 0.05) is 28.9 Å². The number of halogens is 2. The highest BCUT2D eigenvalue weighted by atomic mass is 79.9. The molecule has 0 aliphatic heterocycles. The number of hydrogen-bond acceptors (Lipinski definition) is 2. The zero-order valence-electron chi connectivity index (χ0n) is 13.3. The van der Waals surface area contributed by atoms with Crippen molar-refractivity contribution in [2.24, 2.45) is 0 Å². The minimum absolute atomic E-state index is 0.116. The van der Waals surface area contributed by atoms with Gasteiger partial charge in [-0.05, 0) is 41.4 Å². The summed E-state index contributed by atoms with van der Waals surface area (Å²) in [6.07, 6.45) is 5.09. The van der Waals surface area contributed by atoms with Crippen LogP contribution in [0.1, 0.15) is 37.9 Å². The van der Waals surface area contributed by atoms with Gasteiger partial charge in [-0.15, -0.1) is 0 Å². The van der Waals surface area contributed by atoms with Crippen molar-refractivity contribution in [2.45, 2.75) is 33.1 Å². The Morgan fingerprint density at radius 1 is 1.35 bits per heavy atom. The Labute approximate surface area is 150 Å². The summed E-state index contributed by atoms with van der Waals surface area (Å²) in [5.41, 5.74) is 2.72. The van der Waals surface area contributed by atoms with Gasteiger partial charge in [-0.3, -0.25) is 9.89 Å². The summed E-state index contributed by atoms with van der Waals surface area (Å²) in [7, 11) is 0. The van der Waals surface area contributed by atoms with E-state index in [1.165, 1.54) is 17.5 Å². The number of aromatic nitrogens is 2.